The van der Waals surface area contributed by atoms with Gasteiger partial charge in [-0.25, -0.2) is 9.37 Å². The van der Waals surface area contributed by atoms with Crippen LogP contribution in [-0.4, -0.2) is 45.5 Å². The maximum Gasteiger partial charge on any atom is 0.327 e. The molecule has 0 spiro atoms. The fraction of sp³-hybridized carbons (Fsp3) is 0.425. The van der Waals surface area contributed by atoms with Crippen molar-refractivity contribution >= 4 is 29.2 Å². The number of hydrogen-bond donors (Lipinski definition) is 2. The molecule has 0 bridgehead atoms. The molecule has 10 nitrogen and oxygen atoms in total. The minimum absolute atomic E-state index is 0.0919. The summed E-state index contributed by atoms with van der Waals surface area (Å²) < 4.78 is 29.8. The minimum Gasteiger partial charge on any atom is -0.493 e. The Bertz CT molecular complexity index is 2030. The maximum atomic E-state index is 15.7. The number of ether oxygens (including phenoxy) is 2. The van der Waals surface area contributed by atoms with E-state index in [1.807, 2.05) is 42.8 Å². The van der Waals surface area contributed by atoms with Crippen molar-refractivity contribution in [1.29, 1.82) is 0 Å². The number of aromatic nitrogens is 2. The van der Waals surface area contributed by atoms with Crippen LogP contribution in [-0.2, 0) is 42.6 Å². The third-order valence-corrected chi connectivity index (χ3v) is 10.8. The molecule has 274 valence electrons. The Morgan fingerprint density at radius 2 is 1.85 bits per heavy atom. The van der Waals surface area contributed by atoms with Crippen molar-refractivity contribution in [2.75, 3.05) is 18.5 Å². The average molecular weight is 730 g/mol. The third-order valence-electron chi connectivity index (χ3n) is 10.4. The number of anilines is 1. The van der Waals surface area contributed by atoms with Crippen LogP contribution in [0.3, 0.4) is 0 Å². The number of hydrogen-bond acceptors (Lipinski definition) is 8. The van der Waals surface area contributed by atoms with Gasteiger partial charge in [0.25, 0.3) is 5.91 Å². The molecule has 1 aliphatic heterocycles. The highest BCUT2D eigenvalue weighted by Gasteiger charge is 2.33. The summed E-state index contributed by atoms with van der Waals surface area (Å²) in [5.74, 6) is -0.525. The first-order valence-electron chi connectivity index (χ1n) is 18.1. The Labute approximate surface area is 308 Å². The van der Waals surface area contributed by atoms with Crippen molar-refractivity contribution in [3.05, 3.63) is 92.8 Å². The van der Waals surface area contributed by atoms with Gasteiger partial charge in [0.1, 0.15) is 22.6 Å². The van der Waals surface area contributed by atoms with E-state index in [2.05, 4.69) is 41.7 Å². The van der Waals surface area contributed by atoms with Crippen molar-refractivity contribution < 1.29 is 28.3 Å². The molecule has 2 aliphatic carbocycles. The van der Waals surface area contributed by atoms with E-state index in [1.165, 1.54) is 0 Å². The first-order valence-corrected chi connectivity index (χ1v) is 18.5. The Kier molecular flexibility index (Phi) is 10.3. The molecular formula is C40H45ClFN5O5. The van der Waals surface area contributed by atoms with Gasteiger partial charge < -0.3 is 24.2 Å². The Hall–Kier alpha value is -4.45. The zero-order valence-electron chi connectivity index (χ0n) is 30.3. The molecule has 1 atom stereocenters. The molecule has 1 unspecified atom stereocenters. The monoisotopic (exact) mass is 729 g/mol. The van der Waals surface area contributed by atoms with Crippen LogP contribution in [0, 0.1) is 18.7 Å². The van der Waals surface area contributed by atoms with E-state index < -0.39 is 5.82 Å². The number of nitrogens with zero attached hydrogens (tertiary/aromatic N) is 3. The molecule has 1 amide bonds. The Morgan fingerprint density at radius 1 is 1.08 bits per heavy atom. The summed E-state index contributed by atoms with van der Waals surface area (Å²) >= 11 is 6.55. The minimum atomic E-state index is -0.692. The number of nitrogens with one attached hydrogen (secondary N) is 2. The molecule has 2 N–H and O–H groups in total. The van der Waals surface area contributed by atoms with Gasteiger partial charge in [0.05, 0.1) is 24.8 Å². The summed E-state index contributed by atoms with van der Waals surface area (Å²) in [6.07, 6.45) is 3.51. The summed E-state index contributed by atoms with van der Waals surface area (Å²) in [7, 11) is 1.92. The van der Waals surface area contributed by atoms with Gasteiger partial charge in [0.15, 0.2) is 11.6 Å². The van der Waals surface area contributed by atoms with Crippen molar-refractivity contribution in [2.45, 2.75) is 85.0 Å². The number of amides is 1. The lowest BCUT2D eigenvalue weighted by molar-refractivity contribution is -0.153. The molecule has 1 aromatic heterocycles. The highest BCUT2D eigenvalue weighted by Crippen LogP contribution is 2.45. The summed E-state index contributed by atoms with van der Waals surface area (Å²) in [5.41, 5.74) is 10.6. The van der Waals surface area contributed by atoms with Gasteiger partial charge in [-0.2, -0.15) is 0 Å². The number of carbonyl (C=O) groups excluding carboxylic acids is 2. The molecule has 52 heavy (non-hydrogen) atoms. The largest absolute Gasteiger partial charge is 0.493 e. The summed E-state index contributed by atoms with van der Waals surface area (Å²) in [5, 5.41) is 2.97. The standard InChI is InChI=1S/C40H45ClFN5O5/c1-6-50-34-19-35(36(41)37(42)29(34)20-43-52-40(49)24-13-14-24)51-33-16-15-27-26(10-7-11-28(27)33)25-9-8-12-30(23(25)4)45-39(48)38-44-31-21-47(22(2)3)18-17-32(31)46(38)5/h7-12,19,22,24,33,43H,6,13-18,20-21H2,1-5H3,(H,45,48). The molecule has 0 saturated heterocycles. The molecule has 7 rings (SSSR count). The van der Waals surface area contributed by atoms with E-state index in [4.69, 9.17) is 30.9 Å². The number of hydroxylamine groups is 1. The number of carbonyl (C=O) groups is 2. The highest BCUT2D eigenvalue weighted by atomic mass is 35.5. The van der Waals surface area contributed by atoms with Crippen LogP contribution in [0.4, 0.5) is 10.1 Å². The zero-order valence-corrected chi connectivity index (χ0v) is 31.0. The molecule has 12 heteroatoms. The van der Waals surface area contributed by atoms with Gasteiger partial charge in [-0.3, -0.25) is 14.5 Å². The summed E-state index contributed by atoms with van der Waals surface area (Å²) in [4.78, 5) is 37.8. The number of benzene rings is 3. The average Bonchev–Trinajstić information content (AvgIpc) is 3.83. The smallest absolute Gasteiger partial charge is 0.327 e. The highest BCUT2D eigenvalue weighted by molar-refractivity contribution is 6.32. The topological polar surface area (TPSA) is 107 Å². The molecule has 3 aromatic carbocycles. The van der Waals surface area contributed by atoms with Crippen LogP contribution in [0.5, 0.6) is 11.5 Å². The van der Waals surface area contributed by atoms with Gasteiger partial charge in [0.2, 0.25) is 0 Å². The van der Waals surface area contributed by atoms with Crippen LogP contribution in [0.2, 0.25) is 5.02 Å². The molecule has 2 heterocycles. The molecular weight excluding hydrogens is 685 g/mol. The van der Waals surface area contributed by atoms with Crippen molar-refractivity contribution in [1.82, 2.24) is 19.9 Å². The number of rotatable bonds is 12. The van der Waals surface area contributed by atoms with Crippen LogP contribution in [0.15, 0.2) is 42.5 Å². The second-order valence-corrected chi connectivity index (χ2v) is 14.5. The van der Waals surface area contributed by atoms with E-state index in [0.29, 0.717) is 24.9 Å². The predicted octanol–water partition coefficient (Wildman–Crippen LogP) is 7.63. The predicted molar refractivity (Wildman–Crippen MR) is 197 cm³/mol. The van der Waals surface area contributed by atoms with E-state index in [-0.39, 0.29) is 52.5 Å². The van der Waals surface area contributed by atoms with Crippen molar-refractivity contribution in [2.24, 2.45) is 13.0 Å². The van der Waals surface area contributed by atoms with E-state index in [0.717, 1.165) is 83.7 Å². The number of fused-ring (bicyclic) bond motifs is 2. The first-order chi connectivity index (χ1) is 25.0. The van der Waals surface area contributed by atoms with Crippen LogP contribution in [0.25, 0.3) is 11.1 Å². The van der Waals surface area contributed by atoms with Crippen molar-refractivity contribution in [3.63, 3.8) is 0 Å². The van der Waals surface area contributed by atoms with Crippen LogP contribution < -0.4 is 20.3 Å². The fourth-order valence-corrected chi connectivity index (χ4v) is 7.53. The van der Waals surface area contributed by atoms with Gasteiger partial charge in [-0.1, -0.05) is 41.9 Å². The number of halogens is 2. The Morgan fingerprint density at radius 3 is 2.60 bits per heavy atom. The van der Waals surface area contributed by atoms with E-state index in [9.17, 15) is 9.59 Å². The van der Waals surface area contributed by atoms with Crippen LogP contribution in [0.1, 0.15) is 90.4 Å². The van der Waals surface area contributed by atoms with Crippen LogP contribution >= 0.6 is 11.6 Å². The van der Waals surface area contributed by atoms with E-state index >= 15 is 4.39 Å². The SMILES string of the molecule is CCOc1cc(OC2CCc3c(-c4cccc(NC(=O)c5nc6c(n5C)CCN(C(C)C)C6)c4C)cccc32)c(Cl)c(F)c1CNOC(=O)C1CC1. The quantitative estimate of drug-likeness (QED) is 0.144. The second kappa shape index (κ2) is 14.9. The van der Waals surface area contributed by atoms with E-state index in [1.54, 1.807) is 13.0 Å². The number of imidazole rings is 1. The third kappa shape index (κ3) is 7.01. The van der Waals surface area contributed by atoms with Gasteiger partial charge in [-0.15, -0.1) is 5.48 Å². The lowest BCUT2D eigenvalue weighted by Gasteiger charge is -2.29. The second-order valence-electron chi connectivity index (χ2n) is 14.1. The molecule has 3 aliphatic rings. The lowest BCUT2D eigenvalue weighted by Crippen LogP contribution is -2.36. The lowest BCUT2D eigenvalue weighted by atomic mass is 9.93. The zero-order chi connectivity index (χ0) is 36.7. The first kappa shape index (κ1) is 35.9. The summed E-state index contributed by atoms with van der Waals surface area (Å²) in [6, 6.07) is 14.0. The van der Waals surface area contributed by atoms with Gasteiger partial charge in [-0.05, 0) is 87.3 Å². The maximum absolute atomic E-state index is 15.7. The summed E-state index contributed by atoms with van der Waals surface area (Å²) in [6.45, 7) is 10.1. The Balaban J connectivity index is 1.10. The molecule has 4 aromatic rings. The molecule has 0 radical (unpaired) electrons. The van der Waals surface area contributed by atoms with Crippen molar-refractivity contribution in [3.8, 4) is 22.6 Å². The molecule has 1 fully saturated rings. The fourth-order valence-electron chi connectivity index (χ4n) is 7.31. The molecule has 1 saturated carbocycles. The normalized spacial score (nSPS) is 16.8. The van der Waals surface area contributed by atoms with Gasteiger partial charge in [0, 0.05) is 55.6 Å². The van der Waals surface area contributed by atoms with Gasteiger partial charge >= 0.3 is 5.97 Å².